The normalized spacial score (nSPS) is 10.8. The van der Waals surface area contributed by atoms with Crippen molar-refractivity contribution in [2.75, 3.05) is 6.54 Å². The van der Waals surface area contributed by atoms with Crippen molar-refractivity contribution in [2.45, 2.75) is 20.8 Å². The molecule has 0 fully saturated rings. The number of aromatic nitrogens is 1. The summed E-state index contributed by atoms with van der Waals surface area (Å²) in [5.41, 5.74) is 1.08. The van der Waals surface area contributed by atoms with E-state index in [9.17, 15) is 4.79 Å². The number of carbonyl (C=O) groups is 1. The molecule has 0 saturated heterocycles. The Morgan fingerprint density at radius 3 is 2.79 bits per heavy atom. The Kier molecular flexibility index (Phi) is 3.83. The molecule has 14 heavy (non-hydrogen) atoms. The third-order valence-corrected chi connectivity index (χ3v) is 2.81. The molecule has 0 atom stereocenters. The van der Waals surface area contributed by atoms with Crippen LogP contribution in [0.4, 0.5) is 0 Å². The van der Waals surface area contributed by atoms with Gasteiger partial charge in [0.15, 0.2) is 0 Å². The van der Waals surface area contributed by atoms with E-state index in [0.717, 1.165) is 10.7 Å². The molecule has 1 heterocycles. The van der Waals surface area contributed by atoms with Gasteiger partial charge in [0, 0.05) is 18.3 Å². The summed E-state index contributed by atoms with van der Waals surface area (Å²) in [6, 6.07) is 0. The second-order valence-corrected chi connectivity index (χ2v) is 4.27. The van der Waals surface area contributed by atoms with Crippen molar-refractivity contribution in [1.29, 1.82) is 0 Å². The first-order chi connectivity index (χ1) is 6.59. The summed E-state index contributed by atoms with van der Waals surface area (Å²) in [4.78, 5) is 16.1. The fourth-order valence-corrected chi connectivity index (χ4v) is 1.79. The molecule has 0 unspecified atom stereocenters. The number of hydrogen-bond acceptors (Lipinski definition) is 3. The van der Waals surface area contributed by atoms with E-state index < -0.39 is 0 Å². The largest absolute Gasteiger partial charge is 0.353 e. The molecule has 0 aliphatic heterocycles. The Bertz CT molecular complexity index is 336. The highest BCUT2D eigenvalue weighted by atomic mass is 32.1. The molecule has 3 nitrogen and oxygen atoms in total. The molecular formula is C10H14N2OS. The smallest absolute Gasteiger partial charge is 0.217 e. The number of hydrogen-bond donors (Lipinski definition) is 1. The number of amides is 1. The summed E-state index contributed by atoms with van der Waals surface area (Å²) in [6.07, 6.45) is 3.83. The monoisotopic (exact) mass is 210 g/mol. The second kappa shape index (κ2) is 4.91. The van der Waals surface area contributed by atoms with Gasteiger partial charge in [-0.15, -0.1) is 11.3 Å². The lowest BCUT2D eigenvalue weighted by Gasteiger charge is -1.92. The number of thiazole rings is 1. The average molecular weight is 210 g/mol. The Labute approximate surface area is 87.9 Å². The van der Waals surface area contributed by atoms with Crippen LogP contribution in [0.1, 0.15) is 22.5 Å². The third kappa shape index (κ3) is 3.30. The topological polar surface area (TPSA) is 42.0 Å². The van der Waals surface area contributed by atoms with Crippen molar-refractivity contribution in [3.8, 4) is 0 Å². The van der Waals surface area contributed by atoms with Gasteiger partial charge < -0.3 is 5.32 Å². The molecule has 0 aliphatic rings. The maximum Gasteiger partial charge on any atom is 0.217 e. The fourth-order valence-electron chi connectivity index (χ4n) is 0.931. The van der Waals surface area contributed by atoms with Gasteiger partial charge in [0.25, 0.3) is 0 Å². The van der Waals surface area contributed by atoms with E-state index in [1.54, 1.807) is 11.3 Å². The van der Waals surface area contributed by atoms with E-state index in [1.165, 1.54) is 11.8 Å². The highest BCUT2D eigenvalue weighted by molar-refractivity contribution is 7.12. The van der Waals surface area contributed by atoms with Crippen LogP contribution in [0.15, 0.2) is 6.08 Å². The predicted molar refractivity (Wildman–Crippen MR) is 59.3 cm³/mol. The van der Waals surface area contributed by atoms with Gasteiger partial charge in [-0.3, -0.25) is 4.79 Å². The molecular weight excluding hydrogens is 196 g/mol. The molecule has 0 spiro atoms. The summed E-state index contributed by atoms with van der Waals surface area (Å²) in [5, 5.41) is 3.68. The quantitative estimate of drug-likeness (QED) is 0.828. The summed E-state index contributed by atoms with van der Waals surface area (Å²) in [6.45, 7) is 6.12. The first kappa shape index (κ1) is 10.9. The van der Waals surface area contributed by atoms with Crippen LogP contribution in [-0.2, 0) is 4.79 Å². The Morgan fingerprint density at radius 1 is 1.57 bits per heavy atom. The van der Waals surface area contributed by atoms with E-state index in [4.69, 9.17) is 0 Å². The molecule has 0 aliphatic carbocycles. The molecule has 0 bridgehead atoms. The van der Waals surface area contributed by atoms with Gasteiger partial charge in [-0.05, 0) is 19.9 Å². The van der Waals surface area contributed by atoms with Crippen LogP contribution in [0.2, 0.25) is 0 Å². The number of rotatable bonds is 3. The van der Waals surface area contributed by atoms with Gasteiger partial charge in [0.05, 0.1) is 5.69 Å². The maximum absolute atomic E-state index is 10.6. The Hall–Kier alpha value is -1.16. The third-order valence-electron chi connectivity index (χ3n) is 1.77. The number of nitrogens with zero attached hydrogens (tertiary/aromatic N) is 1. The van der Waals surface area contributed by atoms with Gasteiger partial charge in [-0.25, -0.2) is 4.98 Å². The number of nitrogens with one attached hydrogen (secondary N) is 1. The Balaban J connectivity index is 2.48. The molecule has 1 rings (SSSR count). The second-order valence-electron chi connectivity index (χ2n) is 3.03. The van der Waals surface area contributed by atoms with Crippen molar-refractivity contribution in [3.63, 3.8) is 0 Å². The standard InChI is InChI=1S/C10H14N2OS/c1-7-8(2)14-10(12-7)5-4-6-11-9(3)13/h4-5H,6H2,1-3H3,(H,11,13). The van der Waals surface area contributed by atoms with Crippen LogP contribution in [-0.4, -0.2) is 17.4 Å². The van der Waals surface area contributed by atoms with Crippen LogP contribution < -0.4 is 5.32 Å². The summed E-state index contributed by atoms with van der Waals surface area (Å²) >= 11 is 1.66. The zero-order valence-corrected chi connectivity index (χ0v) is 9.44. The molecule has 0 saturated carbocycles. The molecule has 0 aromatic carbocycles. The summed E-state index contributed by atoms with van der Waals surface area (Å²) in [7, 11) is 0. The highest BCUT2D eigenvalue weighted by Crippen LogP contribution is 2.17. The van der Waals surface area contributed by atoms with Crippen LogP contribution >= 0.6 is 11.3 Å². The van der Waals surface area contributed by atoms with Crippen LogP contribution in [0.3, 0.4) is 0 Å². The lowest BCUT2D eigenvalue weighted by molar-refractivity contribution is -0.118. The predicted octanol–water partition coefficient (Wildman–Crippen LogP) is 1.91. The van der Waals surface area contributed by atoms with E-state index in [0.29, 0.717) is 6.54 Å². The van der Waals surface area contributed by atoms with Crippen molar-refractivity contribution < 1.29 is 4.79 Å². The van der Waals surface area contributed by atoms with Gasteiger partial charge in [0.2, 0.25) is 5.91 Å². The average Bonchev–Trinajstić information content (AvgIpc) is 2.40. The minimum Gasteiger partial charge on any atom is -0.353 e. The molecule has 0 radical (unpaired) electrons. The maximum atomic E-state index is 10.6. The first-order valence-electron chi connectivity index (χ1n) is 4.44. The molecule has 4 heteroatoms. The number of carbonyl (C=O) groups excluding carboxylic acids is 1. The van der Waals surface area contributed by atoms with E-state index >= 15 is 0 Å². The van der Waals surface area contributed by atoms with Crippen LogP contribution in [0, 0.1) is 13.8 Å². The van der Waals surface area contributed by atoms with Crippen molar-refractivity contribution in [3.05, 3.63) is 21.7 Å². The van der Waals surface area contributed by atoms with E-state index in [-0.39, 0.29) is 5.91 Å². The van der Waals surface area contributed by atoms with Crippen LogP contribution in [0.25, 0.3) is 6.08 Å². The van der Waals surface area contributed by atoms with Gasteiger partial charge in [0.1, 0.15) is 5.01 Å². The molecule has 1 N–H and O–H groups in total. The molecule has 1 aromatic heterocycles. The van der Waals surface area contributed by atoms with Crippen molar-refractivity contribution in [2.24, 2.45) is 0 Å². The van der Waals surface area contributed by atoms with Crippen molar-refractivity contribution >= 4 is 23.3 Å². The first-order valence-corrected chi connectivity index (χ1v) is 5.26. The van der Waals surface area contributed by atoms with Gasteiger partial charge in [-0.2, -0.15) is 0 Å². The van der Waals surface area contributed by atoms with Crippen LogP contribution in [0.5, 0.6) is 0 Å². The zero-order valence-electron chi connectivity index (χ0n) is 8.63. The summed E-state index contributed by atoms with van der Waals surface area (Å²) < 4.78 is 0. The molecule has 1 aromatic rings. The lowest BCUT2D eigenvalue weighted by atomic mass is 10.4. The summed E-state index contributed by atoms with van der Waals surface area (Å²) in [5.74, 6) is -0.0128. The Morgan fingerprint density at radius 2 is 2.29 bits per heavy atom. The van der Waals surface area contributed by atoms with E-state index in [2.05, 4.69) is 17.2 Å². The minimum atomic E-state index is -0.0128. The minimum absolute atomic E-state index is 0.0128. The highest BCUT2D eigenvalue weighted by Gasteiger charge is 1.98. The zero-order chi connectivity index (χ0) is 10.6. The fraction of sp³-hybridized carbons (Fsp3) is 0.400. The number of aryl methyl sites for hydroxylation is 2. The van der Waals surface area contributed by atoms with Crippen molar-refractivity contribution in [1.82, 2.24) is 10.3 Å². The lowest BCUT2D eigenvalue weighted by Crippen LogP contribution is -2.19. The molecule has 1 amide bonds. The van der Waals surface area contributed by atoms with Gasteiger partial charge >= 0.3 is 0 Å². The molecule has 76 valence electrons. The van der Waals surface area contributed by atoms with Gasteiger partial charge in [-0.1, -0.05) is 6.08 Å². The van der Waals surface area contributed by atoms with E-state index in [1.807, 2.05) is 19.1 Å². The SMILES string of the molecule is CC(=O)NCC=Cc1nc(C)c(C)s1.